The van der Waals surface area contributed by atoms with Gasteiger partial charge in [0.2, 0.25) is 0 Å². The molecular formula is C18H29N3O3. The molecule has 0 aliphatic carbocycles. The zero-order chi connectivity index (χ0) is 17.4. The van der Waals surface area contributed by atoms with Gasteiger partial charge in [-0.15, -0.1) is 0 Å². The van der Waals surface area contributed by atoms with Crippen molar-refractivity contribution >= 4 is 5.96 Å². The van der Waals surface area contributed by atoms with E-state index in [1.165, 1.54) is 0 Å². The fourth-order valence-electron chi connectivity index (χ4n) is 2.77. The smallest absolute Gasteiger partial charge is 0.193 e. The van der Waals surface area contributed by atoms with Crippen molar-refractivity contribution in [3.63, 3.8) is 0 Å². The molecule has 2 atom stereocenters. The van der Waals surface area contributed by atoms with Crippen molar-refractivity contribution in [1.29, 1.82) is 0 Å². The van der Waals surface area contributed by atoms with Crippen molar-refractivity contribution in [2.45, 2.75) is 19.4 Å². The molecule has 0 saturated carbocycles. The van der Waals surface area contributed by atoms with Crippen LogP contribution in [-0.2, 0) is 4.74 Å². The Morgan fingerprint density at radius 3 is 2.92 bits per heavy atom. The van der Waals surface area contributed by atoms with Crippen molar-refractivity contribution in [1.82, 2.24) is 10.2 Å². The first kappa shape index (κ1) is 18.4. The predicted molar refractivity (Wildman–Crippen MR) is 96.0 cm³/mol. The summed E-state index contributed by atoms with van der Waals surface area (Å²) in [5.41, 5.74) is 0. The van der Waals surface area contributed by atoms with Crippen LogP contribution in [0.1, 0.15) is 13.3 Å². The highest BCUT2D eigenvalue weighted by atomic mass is 16.5. The fraction of sp³-hybridized carbons (Fsp3) is 0.611. The second-order valence-electron chi connectivity index (χ2n) is 6.15. The number of ether oxygens (including phenoxy) is 3. The Hall–Kier alpha value is -1.95. The van der Waals surface area contributed by atoms with E-state index in [0.29, 0.717) is 12.5 Å². The summed E-state index contributed by atoms with van der Waals surface area (Å²) in [4.78, 5) is 6.50. The summed E-state index contributed by atoms with van der Waals surface area (Å²) in [6, 6.07) is 7.64. The van der Waals surface area contributed by atoms with Gasteiger partial charge in [-0.1, -0.05) is 6.07 Å². The van der Waals surface area contributed by atoms with Crippen LogP contribution in [0.25, 0.3) is 0 Å². The first-order chi connectivity index (χ1) is 11.6. The zero-order valence-corrected chi connectivity index (χ0v) is 15.1. The predicted octanol–water partition coefficient (Wildman–Crippen LogP) is 2.01. The molecule has 2 rings (SSSR count). The number of benzene rings is 1. The van der Waals surface area contributed by atoms with Gasteiger partial charge in [0.05, 0.1) is 20.3 Å². The van der Waals surface area contributed by atoms with Crippen LogP contribution in [0.2, 0.25) is 0 Å². The molecule has 0 radical (unpaired) electrons. The Kier molecular flexibility index (Phi) is 7.18. The van der Waals surface area contributed by atoms with Crippen LogP contribution in [0.5, 0.6) is 11.5 Å². The van der Waals surface area contributed by atoms with Gasteiger partial charge in [-0.3, -0.25) is 4.99 Å². The Balaban J connectivity index is 1.78. The van der Waals surface area contributed by atoms with Crippen molar-refractivity contribution in [3.05, 3.63) is 24.3 Å². The average molecular weight is 335 g/mol. The van der Waals surface area contributed by atoms with E-state index in [0.717, 1.165) is 43.6 Å². The molecule has 1 aliphatic heterocycles. The summed E-state index contributed by atoms with van der Waals surface area (Å²) in [5.74, 6) is 3.05. The number of hydrogen-bond acceptors (Lipinski definition) is 4. The number of aliphatic imine (C=N–C) groups is 1. The molecule has 2 unspecified atom stereocenters. The van der Waals surface area contributed by atoms with Gasteiger partial charge in [-0.25, -0.2) is 0 Å². The summed E-state index contributed by atoms with van der Waals surface area (Å²) in [7, 11) is 5.51. The van der Waals surface area contributed by atoms with Gasteiger partial charge in [0, 0.05) is 39.2 Å². The molecule has 0 bridgehead atoms. The lowest BCUT2D eigenvalue weighted by Crippen LogP contribution is -2.44. The van der Waals surface area contributed by atoms with E-state index in [1.807, 2.05) is 31.2 Å². The Morgan fingerprint density at radius 2 is 2.25 bits per heavy atom. The molecule has 1 aromatic carbocycles. The van der Waals surface area contributed by atoms with Crippen LogP contribution < -0.4 is 14.8 Å². The van der Waals surface area contributed by atoms with Crippen molar-refractivity contribution in [2.75, 3.05) is 47.5 Å². The molecule has 1 aromatic rings. The van der Waals surface area contributed by atoms with Crippen molar-refractivity contribution < 1.29 is 14.2 Å². The summed E-state index contributed by atoms with van der Waals surface area (Å²) in [6.45, 7) is 5.37. The highest BCUT2D eigenvalue weighted by Gasteiger charge is 2.19. The van der Waals surface area contributed by atoms with Crippen LogP contribution in [0, 0.1) is 5.92 Å². The van der Waals surface area contributed by atoms with Crippen LogP contribution in [-0.4, -0.2) is 64.5 Å². The van der Waals surface area contributed by atoms with Crippen LogP contribution in [0.15, 0.2) is 29.3 Å². The third-order valence-corrected chi connectivity index (χ3v) is 4.06. The van der Waals surface area contributed by atoms with Crippen LogP contribution in [0.3, 0.4) is 0 Å². The molecule has 1 heterocycles. The molecule has 6 heteroatoms. The Bertz CT molecular complexity index is 530. The van der Waals surface area contributed by atoms with Gasteiger partial charge in [-0.05, 0) is 25.5 Å². The summed E-state index contributed by atoms with van der Waals surface area (Å²) in [5, 5.41) is 3.37. The SMILES string of the molecule is CN=C(NCC(C)Oc1cccc(OC)c1)N(C)CC1CCOC1. The molecule has 1 N–H and O–H groups in total. The van der Waals surface area contributed by atoms with Gasteiger partial charge >= 0.3 is 0 Å². The number of rotatable bonds is 7. The second-order valence-corrected chi connectivity index (χ2v) is 6.15. The van der Waals surface area contributed by atoms with Gasteiger partial charge in [-0.2, -0.15) is 0 Å². The Labute approximate surface area is 144 Å². The van der Waals surface area contributed by atoms with E-state index in [2.05, 4.69) is 22.3 Å². The van der Waals surface area contributed by atoms with Crippen molar-refractivity contribution in [2.24, 2.45) is 10.9 Å². The fourth-order valence-corrected chi connectivity index (χ4v) is 2.77. The topological polar surface area (TPSA) is 55.3 Å². The maximum atomic E-state index is 5.93. The zero-order valence-electron chi connectivity index (χ0n) is 15.1. The van der Waals surface area contributed by atoms with E-state index in [9.17, 15) is 0 Å². The minimum atomic E-state index is 0.0112. The molecule has 24 heavy (non-hydrogen) atoms. The number of nitrogens with zero attached hydrogens (tertiary/aromatic N) is 2. The number of methoxy groups -OCH3 is 1. The minimum absolute atomic E-state index is 0.0112. The molecule has 6 nitrogen and oxygen atoms in total. The first-order valence-corrected chi connectivity index (χ1v) is 8.42. The van der Waals surface area contributed by atoms with Gasteiger partial charge in [0.25, 0.3) is 0 Å². The van der Waals surface area contributed by atoms with E-state index >= 15 is 0 Å². The largest absolute Gasteiger partial charge is 0.497 e. The minimum Gasteiger partial charge on any atom is -0.497 e. The van der Waals surface area contributed by atoms with E-state index in [1.54, 1.807) is 14.2 Å². The highest BCUT2D eigenvalue weighted by Crippen LogP contribution is 2.19. The van der Waals surface area contributed by atoms with Gasteiger partial charge in [0.15, 0.2) is 5.96 Å². The van der Waals surface area contributed by atoms with E-state index in [-0.39, 0.29) is 6.10 Å². The number of nitrogens with one attached hydrogen (secondary N) is 1. The quantitative estimate of drug-likeness (QED) is 0.610. The maximum Gasteiger partial charge on any atom is 0.193 e. The third-order valence-electron chi connectivity index (χ3n) is 4.06. The molecule has 134 valence electrons. The van der Waals surface area contributed by atoms with Crippen LogP contribution in [0.4, 0.5) is 0 Å². The lowest BCUT2D eigenvalue weighted by Gasteiger charge is -2.25. The van der Waals surface area contributed by atoms with Crippen LogP contribution >= 0.6 is 0 Å². The summed E-state index contributed by atoms with van der Waals surface area (Å²) in [6.07, 6.45) is 1.13. The second kappa shape index (κ2) is 9.37. The maximum absolute atomic E-state index is 5.93. The number of guanidine groups is 1. The van der Waals surface area contributed by atoms with E-state index < -0.39 is 0 Å². The Morgan fingerprint density at radius 1 is 1.46 bits per heavy atom. The third kappa shape index (κ3) is 5.60. The normalized spacial score (nSPS) is 19.0. The van der Waals surface area contributed by atoms with Crippen molar-refractivity contribution in [3.8, 4) is 11.5 Å². The molecule has 1 saturated heterocycles. The first-order valence-electron chi connectivity index (χ1n) is 8.42. The average Bonchev–Trinajstić information content (AvgIpc) is 3.08. The summed E-state index contributed by atoms with van der Waals surface area (Å²) >= 11 is 0. The molecular weight excluding hydrogens is 306 g/mol. The molecule has 0 spiro atoms. The molecule has 1 aliphatic rings. The monoisotopic (exact) mass is 335 g/mol. The lowest BCUT2D eigenvalue weighted by atomic mass is 10.1. The summed E-state index contributed by atoms with van der Waals surface area (Å²) < 4.78 is 16.6. The standard InChI is InChI=1S/C18H29N3O3/c1-14(24-17-7-5-6-16(10-17)22-4)11-20-18(19-2)21(3)12-15-8-9-23-13-15/h5-7,10,14-15H,8-9,11-13H2,1-4H3,(H,19,20). The number of hydrogen-bond donors (Lipinski definition) is 1. The van der Waals surface area contributed by atoms with Gasteiger partial charge in [0.1, 0.15) is 17.6 Å². The molecule has 1 fully saturated rings. The van der Waals surface area contributed by atoms with E-state index in [4.69, 9.17) is 14.2 Å². The lowest BCUT2D eigenvalue weighted by molar-refractivity contribution is 0.180. The highest BCUT2D eigenvalue weighted by molar-refractivity contribution is 5.79. The van der Waals surface area contributed by atoms with Gasteiger partial charge < -0.3 is 24.4 Å². The molecule has 0 amide bonds. The molecule has 0 aromatic heterocycles.